The average molecular weight is 331 g/mol. The van der Waals surface area contributed by atoms with Crippen LogP contribution in [0.2, 0.25) is 0 Å². The molecule has 0 fully saturated rings. The van der Waals surface area contributed by atoms with Crippen molar-refractivity contribution >= 4 is 21.6 Å². The summed E-state index contributed by atoms with van der Waals surface area (Å²) in [6, 6.07) is 6.39. The van der Waals surface area contributed by atoms with Crippen LogP contribution in [-0.2, 0) is 15.9 Å². The summed E-state index contributed by atoms with van der Waals surface area (Å²) in [5.41, 5.74) is 8.00. The number of methoxy groups -OCH3 is 2. The van der Waals surface area contributed by atoms with Crippen LogP contribution in [0, 0.1) is 0 Å². The van der Waals surface area contributed by atoms with E-state index in [1.54, 1.807) is 14.2 Å². The predicted molar refractivity (Wildman–Crippen MR) is 82.9 cm³/mol. The van der Waals surface area contributed by atoms with E-state index >= 15 is 0 Å². The van der Waals surface area contributed by atoms with Crippen LogP contribution in [0.5, 0.6) is 0 Å². The topological polar surface area (TPSA) is 47.7 Å². The van der Waals surface area contributed by atoms with E-state index in [-0.39, 0.29) is 0 Å². The maximum atomic E-state index is 5.59. The van der Waals surface area contributed by atoms with Gasteiger partial charge in [0.15, 0.2) is 0 Å². The van der Waals surface area contributed by atoms with Crippen molar-refractivity contribution < 1.29 is 9.47 Å². The average Bonchev–Trinajstić information content (AvgIpc) is 2.41. The molecule has 0 aromatic heterocycles. The largest absolute Gasteiger partial charge is 0.383 e. The molecule has 1 rings (SSSR count). The highest BCUT2D eigenvalue weighted by Crippen LogP contribution is 2.24. The molecule has 0 saturated heterocycles. The fourth-order valence-corrected chi connectivity index (χ4v) is 2.43. The molecule has 1 aromatic rings. The molecule has 0 spiro atoms. The number of nitrogens with two attached hydrogens (primary N) is 1. The predicted octanol–water partition coefficient (Wildman–Crippen LogP) is 2.05. The second-order valence-corrected chi connectivity index (χ2v) is 5.14. The van der Waals surface area contributed by atoms with Crippen LogP contribution in [0.25, 0.3) is 0 Å². The SMILES string of the molecule is COCCN(CCOC)c1ccc(CCN)c(Br)c1. The van der Waals surface area contributed by atoms with Gasteiger partial charge in [-0.15, -0.1) is 0 Å². The maximum absolute atomic E-state index is 5.59. The molecule has 0 aliphatic rings. The second kappa shape index (κ2) is 9.31. The lowest BCUT2D eigenvalue weighted by molar-refractivity contribution is 0.190. The first-order chi connectivity index (χ1) is 9.22. The molecule has 0 radical (unpaired) electrons. The van der Waals surface area contributed by atoms with Gasteiger partial charge in [0.25, 0.3) is 0 Å². The van der Waals surface area contributed by atoms with Crippen LogP contribution in [0.3, 0.4) is 0 Å². The Hall–Kier alpha value is -0.620. The minimum Gasteiger partial charge on any atom is -0.383 e. The van der Waals surface area contributed by atoms with E-state index in [2.05, 4.69) is 39.0 Å². The minimum atomic E-state index is 0.662. The summed E-state index contributed by atoms with van der Waals surface area (Å²) in [7, 11) is 3.43. The van der Waals surface area contributed by atoms with Gasteiger partial charge >= 0.3 is 0 Å². The third-order valence-electron chi connectivity index (χ3n) is 2.95. The normalized spacial score (nSPS) is 10.7. The lowest BCUT2D eigenvalue weighted by Crippen LogP contribution is -2.30. The van der Waals surface area contributed by atoms with Gasteiger partial charge in [-0.25, -0.2) is 0 Å². The van der Waals surface area contributed by atoms with Crippen LogP contribution < -0.4 is 10.6 Å². The molecule has 0 atom stereocenters. The molecule has 0 heterocycles. The molecule has 108 valence electrons. The van der Waals surface area contributed by atoms with Crippen molar-refractivity contribution in [3.05, 3.63) is 28.2 Å². The Balaban J connectivity index is 2.79. The standard InChI is InChI=1S/C14H23BrN2O2/c1-18-9-7-17(8-10-19-2)13-4-3-12(5-6-16)14(15)11-13/h3-4,11H,5-10,16H2,1-2H3. The second-order valence-electron chi connectivity index (χ2n) is 4.29. The van der Waals surface area contributed by atoms with E-state index in [1.165, 1.54) is 11.3 Å². The molecule has 0 bridgehead atoms. The highest BCUT2D eigenvalue weighted by molar-refractivity contribution is 9.10. The molecule has 1 aromatic carbocycles. The zero-order valence-electron chi connectivity index (χ0n) is 11.7. The Bertz CT molecular complexity index is 366. The van der Waals surface area contributed by atoms with Crippen LogP contribution in [0.4, 0.5) is 5.69 Å². The zero-order valence-corrected chi connectivity index (χ0v) is 13.3. The lowest BCUT2D eigenvalue weighted by Gasteiger charge is -2.25. The first-order valence-electron chi connectivity index (χ1n) is 6.44. The zero-order chi connectivity index (χ0) is 14.1. The summed E-state index contributed by atoms with van der Waals surface area (Å²) in [5, 5.41) is 0. The molecule has 19 heavy (non-hydrogen) atoms. The molecule has 0 amide bonds. The maximum Gasteiger partial charge on any atom is 0.0637 e. The van der Waals surface area contributed by atoms with Gasteiger partial charge in [-0.2, -0.15) is 0 Å². The summed E-state index contributed by atoms with van der Waals surface area (Å²) in [5.74, 6) is 0. The van der Waals surface area contributed by atoms with Gasteiger partial charge in [0, 0.05) is 37.5 Å². The van der Waals surface area contributed by atoms with Crippen LogP contribution in [-0.4, -0.2) is 47.1 Å². The van der Waals surface area contributed by atoms with E-state index in [4.69, 9.17) is 15.2 Å². The number of halogens is 1. The smallest absolute Gasteiger partial charge is 0.0637 e. The van der Waals surface area contributed by atoms with Gasteiger partial charge in [0.05, 0.1) is 13.2 Å². The number of rotatable bonds is 9. The fourth-order valence-electron chi connectivity index (χ4n) is 1.86. The number of hydrogen-bond acceptors (Lipinski definition) is 4. The third kappa shape index (κ3) is 5.48. The summed E-state index contributed by atoms with van der Waals surface area (Å²) in [6.45, 7) is 3.76. The Morgan fingerprint density at radius 1 is 1.16 bits per heavy atom. The number of anilines is 1. The number of benzene rings is 1. The fraction of sp³-hybridized carbons (Fsp3) is 0.571. The highest BCUT2D eigenvalue weighted by Gasteiger charge is 2.08. The molecule has 0 aliphatic carbocycles. The molecular weight excluding hydrogens is 308 g/mol. The molecule has 2 N–H and O–H groups in total. The monoisotopic (exact) mass is 330 g/mol. The quantitative estimate of drug-likeness (QED) is 0.752. The van der Waals surface area contributed by atoms with Gasteiger partial charge < -0.3 is 20.1 Å². The summed E-state index contributed by atoms with van der Waals surface area (Å²) in [6.07, 6.45) is 0.886. The van der Waals surface area contributed by atoms with Crippen molar-refractivity contribution in [3.63, 3.8) is 0 Å². The van der Waals surface area contributed by atoms with E-state index in [1.807, 2.05) is 0 Å². The van der Waals surface area contributed by atoms with E-state index < -0.39 is 0 Å². The van der Waals surface area contributed by atoms with Gasteiger partial charge in [-0.3, -0.25) is 0 Å². The molecule has 0 saturated carbocycles. The van der Waals surface area contributed by atoms with E-state index in [0.717, 1.165) is 24.0 Å². The number of ether oxygens (including phenoxy) is 2. The highest BCUT2D eigenvalue weighted by atomic mass is 79.9. The summed E-state index contributed by atoms with van der Waals surface area (Å²) in [4.78, 5) is 2.25. The van der Waals surface area contributed by atoms with Crippen molar-refractivity contribution in [2.75, 3.05) is 52.0 Å². The van der Waals surface area contributed by atoms with Crippen molar-refractivity contribution in [2.45, 2.75) is 6.42 Å². The van der Waals surface area contributed by atoms with Crippen LogP contribution in [0.15, 0.2) is 22.7 Å². The third-order valence-corrected chi connectivity index (χ3v) is 3.68. The van der Waals surface area contributed by atoms with Gasteiger partial charge in [-0.1, -0.05) is 22.0 Å². The van der Waals surface area contributed by atoms with Crippen molar-refractivity contribution in [2.24, 2.45) is 5.73 Å². The van der Waals surface area contributed by atoms with Gasteiger partial charge in [0.2, 0.25) is 0 Å². The molecular formula is C14H23BrN2O2. The van der Waals surface area contributed by atoms with E-state index in [0.29, 0.717) is 19.8 Å². The van der Waals surface area contributed by atoms with Crippen LogP contribution in [0.1, 0.15) is 5.56 Å². The number of nitrogens with zero attached hydrogens (tertiary/aromatic N) is 1. The number of hydrogen-bond donors (Lipinski definition) is 1. The van der Waals surface area contributed by atoms with E-state index in [9.17, 15) is 0 Å². The first-order valence-corrected chi connectivity index (χ1v) is 7.23. The summed E-state index contributed by atoms with van der Waals surface area (Å²) >= 11 is 3.61. The summed E-state index contributed by atoms with van der Waals surface area (Å²) < 4.78 is 11.4. The minimum absolute atomic E-state index is 0.662. The molecule has 0 unspecified atom stereocenters. The molecule has 4 nitrogen and oxygen atoms in total. The Morgan fingerprint density at radius 3 is 2.26 bits per heavy atom. The first kappa shape index (κ1) is 16.4. The lowest BCUT2D eigenvalue weighted by atomic mass is 10.1. The van der Waals surface area contributed by atoms with Gasteiger partial charge in [-0.05, 0) is 30.7 Å². The van der Waals surface area contributed by atoms with Crippen molar-refractivity contribution in [3.8, 4) is 0 Å². The molecule has 5 heteroatoms. The van der Waals surface area contributed by atoms with Crippen molar-refractivity contribution in [1.82, 2.24) is 0 Å². The Morgan fingerprint density at radius 2 is 1.79 bits per heavy atom. The van der Waals surface area contributed by atoms with Gasteiger partial charge in [0.1, 0.15) is 0 Å². The Labute approximate surface area is 124 Å². The van der Waals surface area contributed by atoms with Crippen LogP contribution >= 0.6 is 15.9 Å². The Kier molecular flexibility index (Phi) is 8.05. The van der Waals surface area contributed by atoms with Crippen molar-refractivity contribution in [1.29, 1.82) is 0 Å². The molecule has 0 aliphatic heterocycles.